The third kappa shape index (κ3) is 4.90. The second kappa shape index (κ2) is 10.6. The average molecular weight is 514 g/mol. The van der Waals surface area contributed by atoms with Gasteiger partial charge in [-0.1, -0.05) is 90.1 Å². The fourth-order valence-electron chi connectivity index (χ4n) is 4.63. The summed E-state index contributed by atoms with van der Waals surface area (Å²) in [4.78, 5) is 26.0. The monoisotopic (exact) mass is 513 g/mol. The number of alkyl carbamates (subject to hydrolysis) is 1. The summed E-state index contributed by atoms with van der Waals surface area (Å²) in [6, 6.07) is 29.1. The molecule has 1 aliphatic carbocycles. The van der Waals surface area contributed by atoms with Gasteiger partial charge in [0.25, 0.3) is 0 Å². The van der Waals surface area contributed by atoms with Gasteiger partial charge in [-0.2, -0.15) is 0 Å². The molecule has 0 heterocycles. The minimum absolute atomic E-state index is 0.00409. The molecule has 4 aromatic carbocycles. The molecule has 4 nitrogen and oxygen atoms in total. The summed E-state index contributed by atoms with van der Waals surface area (Å²) in [7, 11) is 0. The van der Waals surface area contributed by atoms with Gasteiger partial charge in [-0.3, -0.25) is 4.79 Å². The molecule has 6 heteroatoms. The first-order chi connectivity index (χ1) is 17.5. The molecule has 180 valence electrons. The van der Waals surface area contributed by atoms with Crippen molar-refractivity contribution in [3.63, 3.8) is 0 Å². The van der Waals surface area contributed by atoms with Gasteiger partial charge in [0, 0.05) is 26.3 Å². The number of benzene rings is 4. The van der Waals surface area contributed by atoms with E-state index in [9.17, 15) is 9.59 Å². The van der Waals surface area contributed by atoms with Crippen molar-refractivity contribution in [1.82, 2.24) is 5.32 Å². The van der Waals surface area contributed by atoms with Crippen molar-refractivity contribution in [3.8, 4) is 11.1 Å². The summed E-state index contributed by atoms with van der Waals surface area (Å²) in [6.45, 7) is 2.14. The van der Waals surface area contributed by atoms with Gasteiger partial charge in [-0.05, 0) is 59.0 Å². The highest BCUT2D eigenvalue weighted by Crippen LogP contribution is 2.44. The van der Waals surface area contributed by atoms with Crippen LogP contribution in [0, 0.1) is 0 Å². The Labute approximate surface area is 219 Å². The van der Waals surface area contributed by atoms with Crippen molar-refractivity contribution in [2.24, 2.45) is 0 Å². The Morgan fingerprint density at radius 1 is 0.944 bits per heavy atom. The van der Waals surface area contributed by atoms with Crippen LogP contribution in [-0.2, 0) is 4.74 Å². The molecule has 0 fully saturated rings. The van der Waals surface area contributed by atoms with Gasteiger partial charge in [-0.25, -0.2) is 4.79 Å². The normalized spacial score (nSPS) is 12.9. The van der Waals surface area contributed by atoms with Crippen LogP contribution in [0.4, 0.5) is 4.79 Å². The number of rotatable bonds is 7. The molecule has 1 atom stereocenters. The van der Waals surface area contributed by atoms with E-state index in [4.69, 9.17) is 16.3 Å². The first-order valence-electron chi connectivity index (χ1n) is 11.7. The summed E-state index contributed by atoms with van der Waals surface area (Å²) in [5.74, 6) is -0.00409. The Balaban J connectivity index is 1.30. The molecular formula is C30H24ClNO3S. The number of hydrogen-bond acceptors (Lipinski definition) is 4. The van der Waals surface area contributed by atoms with E-state index in [0.29, 0.717) is 10.6 Å². The molecule has 0 aliphatic heterocycles. The summed E-state index contributed by atoms with van der Waals surface area (Å²) < 4.78 is 5.72. The molecule has 4 aromatic rings. The summed E-state index contributed by atoms with van der Waals surface area (Å²) in [5.41, 5.74) is 6.17. The number of fused-ring (bicyclic) bond motifs is 3. The maximum absolute atomic E-state index is 12.8. The van der Waals surface area contributed by atoms with E-state index in [1.807, 2.05) is 61.5 Å². The fourth-order valence-corrected chi connectivity index (χ4v) is 5.92. The van der Waals surface area contributed by atoms with Gasteiger partial charge in [-0.15, -0.1) is 0 Å². The fraction of sp³-hybridized carbons (Fsp3) is 0.133. The third-order valence-electron chi connectivity index (χ3n) is 6.38. The predicted molar refractivity (Wildman–Crippen MR) is 144 cm³/mol. The summed E-state index contributed by atoms with van der Waals surface area (Å²) in [6.07, 6.45) is 0.351. The van der Waals surface area contributed by atoms with E-state index < -0.39 is 6.09 Å². The Morgan fingerprint density at radius 3 is 2.28 bits per heavy atom. The molecule has 0 saturated heterocycles. The summed E-state index contributed by atoms with van der Waals surface area (Å²) >= 11 is 7.76. The van der Waals surface area contributed by atoms with Crippen LogP contribution in [0.15, 0.2) is 101 Å². The van der Waals surface area contributed by atoms with Gasteiger partial charge in [0.1, 0.15) is 6.61 Å². The van der Waals surface area contributed by atoms with E-state index in [1.54, 1.807) is 12.1 Å². The van der Waals surface area contributed by atoms with Gasteiger partial charge in [0.2, 0.25) is 0 Å². The minimum Gasteiger partial charge on any atom is -0.449 e. The zero-order chi connectivity index (χ0) is 25.1. The molecule has 1 amide bonds. The van der Waals surface area contributed by atoms with Crippen molar-refractivity contribution in [3.05, 3.63) is 118 Å². The third-order valence-corrected chi connectivity index (χ3v) is 7.80. The minimum atomic E-state index is -0.492. The van der Waals surface area contributed by atoms with E-state index in [2.05, 4.69) is 29.6 Å². The van der Waals surface area contributed by atoms with Crippen LogP contribution in [0.1, 0.15) is 45.9 Å². The Kier molecular flexibility index (Phi) is 7.12. The van der Waals surface area contributed by atoms with E-state index in [1.165, 1.54) is 34.0 Å². The smallest absolute Gasteiger partial charge is 0.407 e. The number of halogens is 1. The van der Waals surface area contributed by atoms with Gasteiger partial charge in [0.05, 0.1) is 6.04 Å². The molecule has 0 bridgehead atoms. The quantitative estimate of drug-likeness (QED) is 0.255. The number of amides is 1. The molecule has 0 spiro atoms. The average Bonchev–Trinajstić information content (AvgIpc) is 3.22. The highest BCUT2D eigenvalue weighted by Gasteiger charge is 2.29. The van der Waals surface area contributed by atoms with Crippen LogP contribution in [0.25, 0.3) is 11.1 Å². The number of carbonyl (C=O) groups excluding carboxylic acids is 2. The first kappa shape index (κ1) is 24.2. The lowest BCUT2D eigenvalue weighted by Crippen LogP contribution is -2.29. The SMILES string of the molecule is CC(NC(=O)OCC1c2ccccc2-c2ccccc21)c1cc(Cl)ccc1Sc1ccccc1C=O. The zero-order valence-electron chi connectivity index (χ0n) is 19.6. The van der Waals surface area contributed by atoms with Crippen LogP contribution in [0.3, 0.4) is 0 Å². The van der Waals surface area contributed by atoms with Crippen LogP contribution in [-0.4, -0.2) is 19.0 Å². The van der Waals surface area contributed by atoms with Gasteiger partial charge < -0.3 is 10.1 Å². The molecule has 5 rings (SSSR count). The van der Waals surface area contributed by atoms with Gasteiger partial charge >= 0.3 is 6.09 Å². The van der Waals surface area contributed by atoms with Crippen molar-refractivity contribution < 1.29 is 14.3 Å². The van der Waals surface area contributed by atoms with E-state index in [0.717, 1.165) is 21.6 Å². The Hall–Kier alpha value is -3.54. The molecule has 1 aliphatic rings. The molecule has 0 radical (unpaired) electrons. The Bertz CT molecular complexity index is 1390. The van der Waals surface area contributed by atoms with Crippen molar-refractivity contribution in [2.75, 3.05) is 6.61 Å². The predicted octanol–water partition coefficient (Wildman–Crippen LogP) is 7.90. The van der Waals surface area contributed by atoms with Crippen molar-refractivity contribution in [2.45, 2.75) is 28.7 Å². The van der Waals surface area contributed by atoms with Crippen LogP contribution >= 0.6 is 23.4 Å². The lowest BCUT2D eigenvalue weighted by atomic mass is 9.98. The second-order valence-electron chi connectivity index (χ2n) is 8.63. The number of hydrogen-bond donors (Lipinski definition) is 1. The van der Waals surface area contributed by atoms with Crippen molar-refractivity contribution in [1.29, 1.82) is 0 Å². The molecule has 1 unspecified atom stereocenters. The van der Waals surface area contributed by atoms with Crippen LogP contribution in [0.2, 0.25) is 5.02 Å². The lowest BCUT2D eigenvalue weighted by molar-refractivity contribution is 0.112. The largest absolute Gasteiger partial charge is 0.449 e. The summed E-state index contributed by atoms with van der Waals surface area (Å²) in [5, 5.41) is 3.52. The Morgan fingerprint density at radius 2 is 1.58 bits per heavy atom. The molecule has 0 saturated carbocycles. The number of aldehydes is 1. The maximum atomic E-state index is 12.8. The molecule has 36 heavy (non-hydrogen) atoms. The standard InChI is InChI=1S/C30H24ClNO3S/c1-19(26-16-21(31)14-15-29(26)36-28-13-7-2-8-20(28)17-33)32-30(34)35-18-27-24-11-5-3-9-22(24)23-10-4-6-12-25(23)27/h2-17,19,27H,18H2,1H3,(H,32,34). The van der Waals surface area contributed by atoms with Gasteiger partial charge in [0.15, 0.2) is 6.29 Å². The van der Waals surface area contributed by atoms with Crippen LogP contribution < -0.4 is 5.32 Å². The highest BCUT2D eigenvalue weighted by atomic mass is 35.5. The topological polar surface area (TPSA) is 55.4 Å². The maximum Gasteiger partial charge on any atom is 0.407 e. The molecule has 1 N–H and O–H groups in total. The van der Waals surface area contributed by atoms with E-state index in [-0.39, 0.29) is 18.6 Å². The highest BCUT2D eigenvalue weighted by molar-refractivity contribution is 7.99. The second-order valence-corrected chi connectivity index (χ2v) is 10.2. The number of carbonyl (C=O) groups is 2. The molecular weight excluding hydrogens is 490 g/mol. The number of nitrogens with one attached hydrogen (secondary N) is 1. The van der Waals surface area contributed by atoms with E-state index >= 15 is 0 Å². The van der Waals surface area contributed by atoms with Crippen LogP contribution in [0.5, 0.6) is 0 Å². The lowest BCUT2D eigenvalue weighted by Gasteiger charge is -2.20. The molecule has 0 aromatic heterocycles. The number of ether oxygens (including phenoxy) is 1. The first-order valence-corrected chi connectivity index (χ1v) is 12.9. The zero-order valence-corrected chi connectivity index (χ0v) is 21.2. The van der Waals surface area contributed by atoms with Crippen molar-refractivity contribution >= 4 is 35.7 Å².